The Morgan fingerprint density at radius 3 is 2.56 bits per heavy atom. The predicted molar refractivity (Wildman–Crippen MR) is 107 cm³/mol. The van der Waals surface area contributed by atoms with Gasteiger partial charge >= 0.3 is 0 Å². The number of thioether (sulfide) groups is 1. The van der Waals surface area contributed by atoms with Gasteiger partial charge in [0.25, 0.3) is 0 Å². The smallest absolute Gasteiger partial charge is 0.210 e. The molecule has 0 saturated carbocycles. The average molecular weight is 372 g/mol. The second-order valence-corrected chi connectivity index (χ2v) is 8.06. The van der Waals surface area contributed by atoms with Gasteiger partial charge in [0.05, 0.1) is 7.11 Å². The Labute approximate surface area is 156 Å². The minimum Gasteiger partial charge on any atom is -0.497 e. The van der Waals surface area contributed by atoms with E-state index in [0.717, 1.165) is 33.1 Å². The molecule has 0 aliphatic heterocycles. The molecule has 2 aromatic carbocycles. The quantitative estimate of drug-likeness (QED) is 0.575. The van der Waals surface area contributed by atoms with Crippen LogP contribution in [0.1, 0.15) is 16.7 Å². The van der Waals surface area contributed by atoms with Crippen LogP contribution in [0.2, 0.25) is 0 Å². The molecule has 0 unspecified atom stereocenters. The average Bonchev–Trinajstić information content (AvgIpc) is 3.06. The van der Waals surface area contributed by atoms with Crippen molar-refractivity contribution in [1.82, 2.24) is 10.2 Å². The zero-order valence-corrected chi connectivity index (χ0v) is 16.2. The lowest BCUT2D eigenvalue weighted by Crippen LogP contribution is -1.91. The van der Waals surface area contributed by atoms with E-state index < -0.39 is 0 Å². The second kappa shape index (κ2) is 8.36. The number of nitrogens with one attached hydrogen (secondary N) is 1. The molecule has 25 heavy (non-hydrogen) atoms. The number of benzene rings is 2. The standard InChI is InChI=1S/C19H21N3OS2/c1-13-4-7-16(12-14(13)2)20-18-21-22-19(25-18)24-11-10-15-5-8-17(23-3)9-6-15/h4-9,12H,10-11H2,1-3H3,(H,20,21). The van der Waals surface area contributed by atoms with Crippen LogP contribution in [0.5, 0.6) is 5.75 Å². The fraction of sp³-hybridized carbons (Fsp3) is 0.263. The molecule has 130 valence electrons. The molecule has 0 spiro atoms. The highest BCUT2D eigenvalue weighted by Gasteiger charge is 2.06. The number of ether oxygens (including phenoxy) is 1. The molecule has 0 fully saturated rings. The van der Waals surface area contributed by atoms with Gasteiger partial charge in [-0.3, -0.25) is 0 Å². The van der Waals surface area contributed by atoms with E-state index in [2.05, 4.69) is 59.7 Å². The summed E-state index contributed by atoms with van der Waals surface area (Å²) in [4.78, 5) is 0. The van der Waals surface area contributed by atoms with Gasteiger partial charge in [-0.1, -0.05) is 41.3 Å². The second-order valence-electron chi connectivity index (χ2n) is 5.74. The minimum absolute atomic E-state index is 0.829. The van der Waals surface area contributed by atoms with Gasteiger partial charge in [0.1, 0.15) is 5.75 Å². The summed E-state index contributed by atoms with van der Waals surface area (Å²) in [5, 5.41) is 12.7. The molecule has 1 heterocycles. The molecular weight excluding hydrogens is 350 g/mol. The summed E-state index contributed by atoms with van der Waals surface area (Å²) >= 11 is 3.32. The fourth-order valence-electron chi connectivity index (χ4n) is 2.31. The van der Waals surface area contributed by atoms with Crippen LogP contribution >= 0.6 is 23.1 Å². The summed E-state index contributed by atoms with van der Waals surface area (Å²) in [6.45, 7) is 4.22. The van der Waals surface area contributed by atoms with E-state index in [1.165, 1.54) is 16.7 Å². The summed E-state index contributed by atoms with van der Waals surface area (Å²) in [5.74, 6) is 1.87. The van der Waals surface area contributed by atoms with E-state index >= 15 is 0 Å². The summed E-state index contributed by atoms with van der Waals surface area (Å²) < 4.78 is 6.17. The summed E-state index contributed by atoms with van der Waals surface area (Å²) in [6, 6.07) is 14.5. The molecule has 0 amide bonds. The minimum atomic E-state index is 0.829. The van der Waals surface area contributed by atoms with Gasteiger partial charge < -0.3 is 10.1 Å². The Hall–Kier alpha value is -2.05. The molecule has 1 aromatic heterocycles. The summed E-state index contributed by atoms with van der Waals surface area (Å²) in [6.07, 6.45) is 0.994. The highest BCUT2D eigenvalue weighted by molar-refractivity contribution is 8.01. The number of rotatable bonds is 7. The Morgan fingerprint density at radius 2 is 1.84 bits per heavy atom. The van der Waals surface area contributed by atoms with E-state index in [1.807, 2.05) is 12.1 Å². The first-order valence-corrected chi connectivity index (χ1v) is 9.88. The zero-order chi connectivity index (χ0) is 17.6. The third kappa shape index (κ3) is 4.96. The fourth-order valence-corrected chi connectivity index (χ4v) is 4.14. The van der Waals surface area contributed by atoms with Crippen molar-refractivity contribution in [2.45, 2.75) is 24.6 Å². The SMILES string of the molecule is COc1ccc(CCSc2nnc(Nc3ccc(C)c(C)c3)s2)cc1. The molecule has 0 bridgehead atoms. The number of hydrogen-bond donors (Lipinski definition) is 1. The number of methoxy groups -OCH3 is 1. The van der Waals surface area contributed by atoms with Gasteiger partial charge in [-0.25, -0.2) is 0 Å². The van der Waals surface area contributed by atoms with Crippen LogP contribution < -0.4 is 10.1 Å². The van der Waals surface area contributed by atoms with Crippen molar-refractivity contribution in [3.63, 3.8) is 0 Å². The largest absolute Gasteiger partial charge is 0.497 e. The van der Waals surface area contributed by atoms with Crippen molar-refractivity contribution >= 4 is 33.9 Å². The molecule has 1 N–H and O–H groups in total. The molecule has 0 atom stereocenters. The Morgan fingerprint density at radius 1 is 1.04 bits per heavy atom. The normalized spacial score (nSPS) is 10.7. The van der Waals surface area contributed by atoms with E-state index in [9.17, 15) is 0 Å². The molecule has 0 radical (unpaired) electrons. The molecule has 0 saturated heterocycles. The maximum atomic E-state index is 5.18. The van der Waals surface area contributed by atoms with E-state index in [4.69, 9.17) is 4.74 Å². The van der Waals surface area contributed by atoms with Crippen molar-refractivity contribution in [1.29, 1.82) is 0 Å². The molecule has 3 rings (SSSR count). The maximum Gasteiger partial charge on any atom is 0.210 e. The molecule has 0 aliphatic rings. The van der Waals surface area contributed by atoms with Gasteiger partial charge in [-0.15, -0.1) is 10.2 Å². The molecule has 4 nitrogen and oxygen atoms in total. The first kappa shape index (κ1) is 17.8. The van der Waals surface area contributed by atoms with Crippen LogP contribution in [-0.2, 0) is 6.42 Å². The van der Waals surface area contributed by atoms with Gasteiger partial charge in [0.15, 0.2) is 4.34 Å². The number of aromatic nitrogens is 2. The topological polar surface area (TPSA) is 47.0 Å². The lowest BCUT2D eigenvalue weighted by atomic mass is 10.1. The van der Waals surface area contributed by atoms with Gasteiger partial charge in [0, 0.05) is 11.4 Å². The van der Waals surface area contributed by atoms with Crippen molar-refractivity contribution < 1.29 is 4.74 Å². The van der Waals surface area contributed by atoms with Crippen molar-refractivity contribution in [2.75, 3.05) is 18.2 Å². The lowest BCUT2D eigenvalue weighted by Gasteiger charge is -2.05. The molecule has 6 heteroatoms. The number of anilines is 2. The van der Waals surface area contributed by atoms with E-state index in [-0.39, 0.29) is 0 Å². The molecule has 3 aromatic rings. The Balaban J connectivity index is 1.51. The van der Waals surface area contributed by atoms with Crippen molar-refractivity contribution in [3.05, 3.63) is 59.2 Å². The van der Waals surface area contributed by atoms with Crippen molar-refractivity contribution in [2.24, 2.45) is 0 Å². The first-order chi connectivity index (χ1) is 12.1. The summed E-state index contributed by atoms with van der Waals surface area (Å²) in [5.41, 5.74) is 4.90. The number of hydrogen-bond acceptors (Lipinski definition) is 6. The Bertz CT molecular complexity index is 831. The van der Waals surface area contributed by atoms with Gasteiger partial charge in [-0.2, -0.15) is 0 Å². The number of aryl methyl sites for hydroxylation is 3. The van der Waals surface area contributed by atoms with E-state index in [0.29, 0.717) is 0 Å². The molecule has 0 aliphatic carbocycles. The zero-order valence-electron chi connectivity index (χ0n) is 14.6. The maximum absolute atomic E-state index is 5.18. The monoisotopic (exact) mass is 371 g/mol. The molecular formula is C19H21N3OS2. The van der Waals surface area contributed by atoms with Crippen LogP contribution in [0.4, 0.5) is 10.8 Å². The predicted octanol–water partition coefficient (Wildman–Crippen LogP) is 5.24. The van der Waals surface area contributed by atoms with Gasteiger partial charge in [-0.05, 0) is 61.2 Å². The van der Waals surface area contributed by atoms with Crippen LogP contribution in [-0.4, -0.2) is 23.1 Å². The van der Waals surface area contributed by atoms with Crippen LogP contribution in [0.25, 0.3) is 0 Å². The van der Waals surface area contributed by atoms with Crippen molar-refractivity contribution in [3.8, 4) is 5.75 Å². The van der Waals surface area contributed by atoms with E-state index in [1.54, 1.807) is 30.2 Å². The third-order valence-corrected chi connectivity index (χ3v) is 5.91. The van der Waals surface area contributed by atoms with Crippen LogP contribution in [0, 0.1) is 13.8 Å². The lowest BCUT2D eigenvalue weighted by molar-refractivity contribution is 0.414. The first-order valence-electron chi connectivity index (χ1n) is 8.07. The third-order valence-electron chi connectivity index (χ3n) is 3.94. The van der Waals surface area contributed by atoms with Crippen LogP contribution in [0.15, 0.2) is 46.8 Å². The highest BCUT2D eigenvalue weighted by atomic mass is 32.2. The highest BCUT2D eigenvalue weighted by Crippen LogP contribution is 2.28. The van der Waals surface area contributed by atoms with Gasteiger partial charge in [0.2, 0.25) is 5.13 Å². The summed E-state index contributed by atoms with van der Waals surface area (Å²) in [7, 11) is 1.68. The number of nitrogens with zero attached hydrogens (tertiary/aromatic N) is 2. The Kier molecular flexibility index (Phi) is 5.94. The van der Waals surface area contributed by atoms with Crippen LogP contribution in [0.3, 0.4) is 0 Å².